The first-order valence-electron chi connectivity index (χ1n) is 6.82. The van der Waals surface area contributed by atoms with E-state index in [-0.39, 0.29) is 37.2 Å². The summed E-state index contributed by atoms with van der Waals surface area (Å²) in [6.07, 6.45) is 0. The van der Waals surface area contributed by atoms with E-state index in [4.69, 9.17) is 15.2 Å². The Balaban J connectivity index is 0.00000161. The van der Waals surface area contributed by atoms with Crippen LogP contribution in [0.2, 0.25) is 0 Å². The van der Waals surface area contributed by atoms with Crippen molar-refractivity contribution in [2.75, 3.05) is 33.9 Å². The maximum atomic E-state index is 5.81. The molecule has 0 amide bonds. The van der Waals surface area contributed by atoms with Crippen molar-refractivity contribution in [3.63, 3.8) is 0 Å². The Hall–Kier alpha value is -0.920. The van der Waals surface area contributed by atoms with Crippen LogP contribution >= 0.6 is 37.2 Å². The van der Waals surface area contributed by atoms with Crippen LogP contribution in [0.25, 0.3) is 11.0 Å². The van der Waals surface area contributed by atoms with E-state index in [1.54, 1.807) is 0 Å². The Morgan fingerprint density at radius 1 is 1.13 bits per heavy atom. The Bertz CT molecular complexity index is 634. The van der Waals surface area contributed by atoms with E-state index in [2.05, 4.69) is 28.5 Å². The first-order chi connectivity index (χ1) is 9.69. The lowest BCUT2D eigenvalue weighted by atomic mass is 10.2. The second-order valence-corrected chi connectivity index (χ2v) is 5.17. The van der Waals surface area contributed by atoms with Gasteiger partial charge in [0.2, 0.25) is 0 Å². The van der Waals surface area contributed by atoms with Crippen molar-refractivity contribution >= 4 is 48.3 Å². The number of hydrogen-bond acceptors (Lipinski definition) is 5. The predicted octanol–water partition coefficient (Wildman–Crippen LogP) is 2.09. The molecule has 1 aromatic heterocycles. The average Bonchev–Trinajstić information content (AvgIpc) is 2.79. The molecule has 23 heavy (non-hydrogen) atoms. The zero-order chi connectivity index (χ0) is 14.1. The molecule has 2 N–H and O–H groups in total. The van der Waals surface area contributed by atoms with Gasteiger partial charge >= 0.3 is 0 Å². The lowest BCUT2D eigenvalue weighted by Gasteiger charge is -2.18. The molecule has 0 bridgehead atoms. The highest BCUT2D eigenvalue weighted by molar-refractivity contribution is 5.86. The summed E-state index contributed by atoms with van der Waals surface area (Å²) in [5.41, 5.74) is 7.78. The molecule has 1 aliphatic heterocycles. The van der Waals surface area contributed by atoms with E-state index in [0.29, 0.717) is 19.8 Å². The molecule has 0 spiro atoms. The van der Waals surface area contributed by atoms with Crippen LogP contribution in [0.15, 0.2) is 12.1 Å². The SMILES string of the molecule is CN(C)CCn1c(CN)nc2cc3c(cc21)OCCO3.Cl.Cl.Cl. The molecule has 1 aliphatic rings. The zero-order valence-corrected chi connectivity index (χ0v) is 15.6. The van der Waals surface area contributed by atoms with Gasteiger partial charge in [-0.25, -0.2) is 4.98 Å². The molecule has 0 fully saturated rings. The zero-order valence-electron chi connectivity index (χ0n) is 13.2. The van der Waals surface area contributed by atoms with E-state index >= 15 is 0 Å². The summed E-state index contributed by atoms with van der Waals surface area (Å²) in [6.45, 7) is 3.40. The predicted molar refractivity (Wildman–Crippen MR) is 98.9 cm³/mol. The normalized spacial score (nSPS) is 12.3. The van der Waals surface area contributed by atoms with Gasteiger partial charge in [0.25, 0.3) is 0 Å². The molecule has 0 saturated heterocycles. The number of imidazole rings is 1. The number of halogens is 3. The number of likely N-dealkylation sites (N-methyl/N-ethyl adjacent to an activating group) is 1. The van der Waals surface area contributed by atoms with Crippen LogP contribution in [0.1, 0.15) is 5.82 Å². The number of nitrogens with zero attached hydrogens (tertiary/aromatic N) is 3. The van der Waals surface area contributed by atoms with E-state index in [1.807, 2.05) is 12.1 Å². The smallest absolute Gasteiger partial charge is 0.163 e. The van der Waals surface area contributed by atoms with Gasteiger partial charge in [0.15, 0.2) is 11.5 Å². The van der Waals surface area contributed by atoms with Crippen molar-refractivity contribution in [3.05, 3.63) is 18.0 Å². The van der Waals surface area contributed by atoms with E-state index < -0.39 is 0 Å². The maximum Gasteiger partial charge on any atom is 0.163 e. The Kier molecular flexibility index (Phi) is 9.02. The van der Waals surface area contributed by atoms with Crippen LogP contribution in [-0.4, -0.2) is 48.3 Å². The van der Waals surface area contributed by atoms with Crippen LogP contribution in [-0.2, 0) is 13.1 Å². The fraction of sp³-hybridized carbons (Fsp3) is 0.500. The fourth-order valence-electron chi connectivity index (χ4n) is 2.42. The van der Waals surface area contributed by atoms with Crippen molar-refractivity contribution in [2.45, 2.75) is 13.1 Å². The summed E-state index contributed by atoms with van der Waals surface area (Å²) in [5, 5.41) is 0. The third kappa shape index (κ3) is 4.55. The minimum atomic E-state index is 0. The van der Waals surface area contributed by atoms with Crippen molar-refractivity contribution in [1.29, 1.82) is 0 Å². The van der Waals surface area contributed by atoms with E-state index in [1.165, 1.54) is 0 Å². The quantitative estimate of drug-likeness (QED) is 0.873. The second-order valence-electron chi connectivity index (χ2n) is 5.17. The number of benzene rings is 1. The van der Waals surface area contributed by atoms with Gasteiger partial charge in [-0.05, 0) is 14.1 Å². The van der Waals surface area contributed by atoms with Crippen molar-refractivity contribution in [3.8, 4) is 11.5 Å². The average molecular weight is 386 g/mol. The number of rotatable bonds is 4. The molecule has 132 valence electrons. The van der Waals surface area contributed by atoms with Gasteiger partial charge in [-0.3, -0.25) is 0 Å². The topological polar surface area (TPSA) is 65.5 Å². The molecule has 2 heterocycles. The van der Waals surface area contributed by atoms with E-state index in [0.717, 1.165) is 41.4 Å². The Morgan fingerprint density at radius 3 is 2.30 bits per heavy atom. The van der Waals surface area contributed by atoms with Crippen LogP contribution in [0.4, 0.5) is 0 Å². The van der Waals surface area contributed by atoms with Crippen molar-refractivity contribution in [1.82, 2.24) is 14.5 Å². The molecule has 6 nitrogen and oxygen atoms in total. The standard InChI is InChI=1S/C14H20N4O2.3ClH/c1-17(2)3-4-18-11-8-13-12(19-5-6-20-13)7-10(11)16-14(18)9-15;;;/h7-8H,3-6,9,15H2,1-2H3;3*1H. The van der Waals surface area contributed by atoms with Gasteiger partial charge in [0, 0.05) is 25.2 Å². The monoisotopic (exact) mass is 384 g/mol. The molecular weight excluding hydrogens is 363 g/mol. The molecule has 0 saturated carbocycles. The Labute approximate surface area is 154 Å². The number of ether oxygens (including phenoxy) is 2. The summed E-state index contributed by atoms with van der Waals surface area (Å²) < 4.78 is 13.4. The molecule has 0 atom stereocenters. The first kappa shape index (κ1) is 22.1. The van der Waals surface area contributed by atoms with Crippen LogP contribution in [0, 0.1) is 0 Å². The number of nitrogens with two attached hydrogens (primary N) is 1. The van der Waals surface area contributed by atoms with Crippen LogP contribution in [0.5, 0.6) is 11.5 Å². The lowest BCUT2D eigenvalue weighted by Crippen LogP contribution is -2.20. The van der Waals surface area contributed by atoms with E-state index in [9.17, 15) is 0 Å². The minimum absolute atomic E-state index is 0. The van der Waals surface area contributed by atoms with Crippen LogP contribution in [0.3, 0.4) is 0 Å². The van der Waals surface area contributed by atoms with Crippen LogP contribution < -0.4 is 15.2 Å². The van der Waals surface area contributed by atoms with Gasteiger partial charge in [-0.1, -0.05) is 0 Å². The third-order valence-corrected chi connectivity index (χ3v) is 3.44. The second kappa shape index (κ2) is 9.39. The summed E-state index contributed by atoms with van der Waals surface area (Å²) in [5.74, 6) is 2.45. The van der Waals surface area contributed by atoms with Crippen molar-refractivity contribution in [2.24, 2.45) is 5.73 Å². The number of aromatic nitrogens is 2. The summed E-state index contributed by atoms with van der Waals surface area (Å²) in [7, 11) is 4.11. The fourth-order valence-corrected chi connectivity index (χ4v) is 2.42. The number of hydrogen-bond donors (Lipinski definition) is 1. The third-order valence-electron chi connectivity index (χ3n) is 3.44. The first-order valence-corrected chi connectivity index (χ1v) is 6.82. The number of fused-ring (bicyclic) bond motifs is 2. The van der Waals surface area contributed by atoms with Gasteiger partial charge in [-0.2, -0.15) is 0 Å². The van der Waals surface area contributed by atoms with Gasteiger partial charge in [-0.15, -0.1) is 37.2 Å². The molecule has 0 unspecified atom stereocenters. The molecule has 0 aliphatic carbocycles. The maximum absolute atomic E-state index is 5.81. The molecule has 3 rings (SSSR count). The molecule has 2 aromatic rings. The largest absolute Gasteiger partial charge is 0.486 e. The molecular formula is C14H23Cl3N4O2. The van der Waals surface area contributed by atoms with Gasteiger partial charge in [0.1, 0.15) is 19.0 Å². The Morgan fingerprint density at radius 2 is 1.74 bits per heavy atom. The highest BCUT2D eigenvalue weighted by atomic mass is 35.5. The lowest BCUT2D eigenvalue weighted by molar-refractivity contribution is 0.172. The summed E-state index contributed by atoms with van der Waals surface area (Å²) >= 11 is 0. The highest BCUT2D eigenvalue weighted by Gasteiger charge is 2.17. The van der Waals surface area contributed by atoms with Crippen molar-refractivity contribution < 1.29 is 9.47 Å². The molecule has 1 aromatic carbocycles. The minimum Gasteiger partial charge on any atom is -0.486 e. The molecule has 0 radical (unpaired) electrons. The van der Waals surface area contributed by atoms with Gasteiger partial charge in [0.05, 0.1) is 17.6 Å². The highest BCUT2D eigenvalue weighted by Crippen LogP contribution is 2.34. The van der Waals surface area contributed by atoms with Gasteiger partial charge < -0.3 is 24.7 Å². The molecule has 9 heteroatoms. The summed E-state index contributed by atoms with van der Waals surface area (Å²) in [6, 6.07) is 3.95. The summed E-state index contributed by atoms with van der Waals surface area (Å²) in [4.78, 5) is 6.74.